The van der Waals surface area contributed by atoms with Gasteiger partial charge in [0.25, 0.3) is 5.91 Å². The minimum atomic E-state index is -1.20. The molecule has 0 spiro atoms. The van der Waals surface area contributed by atoms with Gasteiger partial charge in [-0.1, -0.05) is 0 Å². The molecule has 0 fully saturated rings. The van der Waals surface area contributed by atoms with Crippen molar-refractivity contribution >= 4 is 17.8 Å². The Kier molecular flexibility index (Phi) is 6.32. The summed E-state index contributed by atoms with van der Waals surface area (Å²) in [5.74, 6) is -2.20. The summed E-state index contributed by atoms with van der Waals surface area (Å²) in [4.78, 5) is 38.3. The number of ether oxygens (including phenoxy) is 1. The molecule has 1 heterocycles. The second kappa shape index (κ2) is 7.98. The van der Waals surface area contributed by atoms with Crippen molar-refractivity contribution in [3.05, 3.63) is 29.6 Å². The molecule has 21 heavy (non-hydrogen) atoms. The lowest BCUT2D eigenvalue weighted by Crippen LogP contribution is -2.41. The van der Waals surface area contributed by atoms with Crippen molar-refractivity contribution in [3.8, 4) is 0 Å². The highest BCUT2D eigenvalue weighted by Gasteiger charge is 2.22. The minimum Gasteiger partial charge on any atom is -0.480 e. The third-order valence-electron chi connectivity index (χ3n) is 2.70. The van der Waals surface area contributed by atoms with E-state index in [0.29, 0.717) is 11.3 Å². The Morgan fingerprint density at radius 2 is 2.14 bits per heavy atom. The molecule has 0 aliphatic heterocycles. The molecule has 1 amide bonds. The largest absolute Gasteiger partial charge is 0.480 e. The standard InChI is InChI=1S/C14H18N2O5/c1-3-21-12(17)5-4-11(14(19)20)16-13(18)10-6-7-15-9(2)8-10/h6-8,11H,3-5H2,1-2H3,(H,16,18)(H,19,20)/t11-/m0/s1. The summed E-state index contributed by atoms with van der Waals surface area (Å²) in [7, 11) is 0. The molecule has 7 nitrogen and oxygen atoms in total. The van der Waals surface area contributed by atoms with Gasteiger partial charge in [0.05, 0.1) is 6.61 Å². The number of nitrogens with zero attached hydrogens (tertiary/aromatic N) is 1. The van der Waals surface area contributed by atoms with Crippen molar-refractivity contribution in [2.75, 3.05) is 6.61 Å². The second-order valence-corrected chi connectivity index (χ2v) is 4.39. The number of hydrogen-bond acceptors (Lipinski definition) is 5. The van der Waals surface area contributed by atoms with Crippen LogP contribution >= 0.6 is 0 Å². The van der Waals surface area contributed by atoms with Gasteiger partial charge in [-0.2, -0.15) is 0 Å². The maximum Gasteiger partial charge on any atom is 0.326 e. The van der Waals surface area contributed by atoms with Gasteiger partial charge in [-0.3, -0.25) is 14.6 Å². The maximum atomic E-state index is 12.0. The van der Waals surface area contributed by atoms with Gasteiger partial charge in [-0.25, -0.2) is 4.79 Å². The lowest BCUT2D eigenvalue weighted by molar-refractivity contribution is -0.144. The molecule has 0 bridgehead atoms. The first-order valence-electron chi connectivity index (χ1n) is 6.56. The van der Waals surface area contributed by atoms with Gasteiger partial charge in [0.1, 0.15) is 6.04 Å². The topological polar surface area (TPSA) is 106 Å². The molecule has 0 aliphatic rings. The molecule has 0 saturated carbocycles. The van der Waals surface area contributed by atoms with Gasteiger partial charge < -0.3 is 15.2 Å². The van der Waals surface area contributed by atoms with Crippen molar-refractivity contribution in [1.29, 1.82) is 0 Å². The predicted molar refractivity (Wildman–Crippen MR) is 73.7 cm³/mol. The molecule has 7 heteroatoms. The summed E-state index contributed by atoms with van der Waals surface area (Å²) >= 11 is 0. The number of carbonyl (C=O) groups excluding carboxylic acids is 2. The summed E-state index contributed by atoms with van der Waals surface area (Å²) in [6.07, 6.45) is 1.38. The molecular formula is C14H18N2O5. The van der Waals surface area contributed by atoms with Crippen molar-refractivity contribution in [3.63, 3.8) is 0 Å². The van der Waals surface area contributed by atoms with E-state index in [4.69, 9.17) is 9.84 Å². The summed E-state index contributed by atoms with van der Waals surface area (Å²) < 4.78 is 4.72. The van der Waals surface area contributed by atoms with Crippen molar-refractivity contribution in [1.82, 2.24) is 10.3 Å². The van der Waals surface area contributed by atoms with E-state index in [1.54, 1.807) is 19.9 Å². The summed E-state index contributed by atoms with van der Waals surface area (Å²) in [6, 6.07) is 1.90. The number of carboxylic acids is 1. The lowest BCUT2D eigenvalue weighted by atomic mass is 10.1. The van der Waals surface area contributed by atoms with Gasteiger partial charge >= 0.3 is 11.9 Å². The van der Waals surface area contributed by atoms with E-state index < -0.39 is 23.9 Å². The Morgan fingerprint density at radius 3 is 2.71 bits per heavy atom. The van der Waals surface area contributed by atoms with Crippen LogP contribution in [0, 0.1) is 6.92 Å². The monoisotopic (exact) mass is 294 g/mol. The third-order valence-corrected chi connectivity index (χ3v) is 2.70. The van der Waals surface area contributed by atoms with E-state index in [9.17, 15) is 14.4 Å². The van der Waals surface area contributed by atoms with Crippen LogP contribution in [0.3, 0.4) is 0 Å². The van der Waals surface area contributed by atoms with E-state index in [2.05, 4.69) is 10.3 Å². The van der Waals surface area contributed by atoms with Gasteiger partial charge in [-0.15, -0.1) is 0 Å². The van der Waals surface area contributed by atoms with Gasteiger partial charge in [0, 0.05) is 23.9 Å². The number of carbonyl (C=O) groups is 3. The van der Waals surface area contributed by atoms with Crippen LogP contribution in [0.2, 0.25) is 0 Å². The molecule has 114 valence electrons. The lowest BCUT2D eigenvalue weighted by Gasteiger charge is -2.14. The number of hydrogen-bond donors (Lipinski definition) is 2. The Bertz CT molecular complexity index is 530. The zero-order valence-corrected chi connectivity index (χ0v) is 12.0. The van der Waals surface area contributed by atoms with E-state index in [-0.39, 0.29) is 19.4 Å². The van der Waals surface area contributed by atoms with Crippen LogP contribution in [-0.2, 0) is 14.3 Å². The first-order chi connectivity index (χ1) is 9.93. The highest BCUT2D eigenvalue weighted by atomic mass is 16.5. The van der Waals surface area contributed by atoms with E-state index >= 15 is 0 Å². The zero-order chi connectivity index (χ0) is 15.8. The van der Waals surface area contributed by atoms with Gasteiger partial charge in [0.15, 0.2) is 0 Å². The first kappa shape index (κ1) is 16.6. The minimum absolute atomic E-state index is 0.0238. The van der Waals surface area contributed by atoms with E-state index in [1.165, 1.54) is 12.3 Å². The fourth-order valence-electron chi connectivity index (χ4n) is 1.68. The summed E-state index contributed by atoms with van der Waals surface area (Å²) in [5, 5.41) is 11.5. The molecule has 0 aromatic carbocycles. The van der Waals surface area contributed by atoms with Crippen molar-refractivity contribution < 1.29 is 24.2 Å². The molecule has 0 radical (unpaired) electrons. The van der Waals surface area contributed by atoms with Gasteiger partial charge in [0.2, 0.25) is 0 Å². The highest BCUT2D eigenvalue weighted by Crippen LogP contribution is 2.05. The number of amides is 1. The fraction of sp³-hybridized carbons (Fsp3) is 0.429. The van der Waals surface area contributed by atoms with Crippen LogP contribution in [0.1, 0.15) is 35.8 Å². The molecule has 0 aliphatic carbocycles. The zero-order valence-electron chi connectivity index (χ0n) is 12.0. The maximum absolute atomic E-state index is 12.0. The van der Waals surface area contributed by atoms with Crippen LogP contribution in [0.4, 0.5) is 0 Å². The Morgan fingerprint density at radius 1 is 1.43 bits per heavy atom. The molecular weight excluding hydrogens is 276 g/mol. The second-order valence-electron chi connectivity index (χ2n) is 4.39. The number of aliphatic carboxylic acids is 1. The van der Waals surface area contributed by atoms with Crippen molar-refractivity contribution in [2.24, 2.45) is 0 Å². The molecule has 1 rings (SSSR count). The molecule has 0 unspecified atom stereocenters. The fourth-order valence-corrected chi connectivity index (χ4v) is 1.68. The van der Waals surface area contributed by atoms with E-state index in [0.717, 1.165) is 0 Å². The molecule has 1 aromatic rings. The number of carboxylic acid groups (broad SMARTS) is 1. The molecule has 1 atom stereocenters. The van der Waals surface area contributed by atoms with Crippen LogP contribution in [0.25, 0.3) is 0 Å². The predicted octanol–water partition coefficient (Wildman–Crippen LogP) is 0.916. The number of aryl methyl sites for hydroxylation is 1. The molecule has 2 N–H and O–H groups in total. The van der Waals surface area contributed by atoms with Crippen LogP contribution in [0.15, 0.2) is 18.3 Å². The van der Waals surface area contributed by atoms with Crippen LogP contribution < -0.4 is 5.32 Å². The van der Waals surface area contributed by atoms with Crippen LogP contribution in [0.5, 0.6) is 0 Å². The average Bonchev–Trinajstić information content (AvgIpc) is 2.43. The normalized spacial score (nSPS) is 11.5. The first-order valence-corrected chi connectivity index (χ1v) is 6.56. The SMILES string of the molecule is CCOC(=O)CC[C@H](NC(=O)c1ccnc(C)c1)C(=O)O. The van der Waals surface area contributed by atoms with Crippen molar-refractivity contribution in [2.45, 2.75) is 32.7 Å². The molecule has 0 saturated heterocycles. The van der Waals surface area contributed by atoms with Crippen LogP contribution in [-0.4, -0.2) is 40.6 Å². The summed E-state index contributed by atoms with van der Waals surface area (Å²) in [6.45, 7) is 3.63. The summed E-state index contributed by atoms with van der Waals surface area (Å²) in [5.41, 5.74) is 0.978. The Balaban J connectivity index is 2.64. The van der Waals surface area contributed by atoms with Gasteiger partial charge in [-0.05, 0) is 32.4 Å². The number of rotatable bonds is 7. The highest BCUT2D eigenvalue weighted by molar-refractivity contribution is 5.96. The third kappa shape index (κ3) is 5.60. The van der Waals surface area contributed by atoms with E-state index in [1.807, 2.05) is 0 Å². The Labute approximate surface area is 122 Å². The molecule has 1 aromatic heterocycles. The number of nitrogens with one attached hydrogen (secondary N) is 1. The average molecular weight is 294 g/mol. The number of pyridine rings is 1. The quantitative estimate of drug-likeness (QED) is 0.724. The number of esters is 1. The smallest absolute Gasteiger partial charge is 0.326 e. The Hall–Kier alpha value is -2.44. The number of aromatic nitrogens is 1.